The number of aromatic nitrogens is 1. The van der Waals surface area contributed by atoms with Crippen molar-refractivity contribution in [2.75, 3.05) is 5.32 Å². The molecule has 0 aliphatic rings. The van der Waals surface area contributed by atoms with E-state index in [2.05, 4.69) is 29.4 Å². The Bertz CT molecular complexity index is 566. The standard InChI is InChI=1S/C16H19ClN2/c1-4-15(13-6-5-7-14(17)10-13)19-16-9-8-11(2)18-12(16)3/h5-10,15,19H,4H2,1-3H3. The number of nitrogens with zero attached hydrogens (tertiary/aromatic N) is 1. The van der Waals surface area contributed by atoms with Crippen LogP contribution in [0.3, 0.4) is 0 Å². The highest BCUT2D eigenvalue weighted by molar-refractivity contribution is 6.30. The third-order valence-electron chi connectivity index (χ3n) is 3.21. The summed E-state index contributed by atoms with van der Waals surface area (Å²) < 4.78 is 0. The molecule has 2 aromatic rings. The van der Waals surface area contributed by atoms with E-state index in [4.69, 9.17) is 11.6 Å². The molecule has 0 aliphatic carbocycles. The van der Waals surface area contributed by atoms with Crippen LogP contribution in [0.2, 0.25) is 5.02 Å². The molecule has 1 N–H and O–H groups in total. The summed E-state index contributed by atoms with van der Waals surface area (Å²) in [6.07, 6.45) is 0.994. The van der Waals surface area contributed by atoms with Gasteiger partial charge >= 0.3 is 0 Å². The maximum atomic E-state index is 6.06. The summed E-state index contributed by atoms with van der Waals surface area (Å²) in [6.45, 7) is 6.20. The Balaban J connectivity index is 2.24. The minimum absolute atomic E-state index is 0.252. The van der Waals surface area contributed by atoms with Crippen LogP contribution in [0.25, 0.3) is 0 Å². The fourth-order valence-electron chi connectivity index (χ4n) is 2.17. The lowest BCUT2D eigenvalue weighted by Crippen LogP contribution is -2.11. The molecule has 100 valence electrons. The van der Waals surface area contributed by atoms with Crippen molar-refractivity contribution in [1.82, 2.24) is 4.98 Å². The largest absolute Gasteiger partial charge is 0.377 e. The van der Waals surface area contributed by atoms with E-state index >= 15 is 0 Å². The van der Waals surface area contributed by atoms with Gasteiger partial charge in [-0.05, 0) is 50.1 Å². The quantitative estimate of drug-likeness (QED) is 0.856. The molecule has 0 spiro atoms. The lowest BCUT2D eigenvalue weighted by atomic mass is 10.0. The first-order chi connectivity index (χ1) is 9.10. The van der Waals surface area contributed by atoms with Crippen LogP contribution in [0.5, 0.6) is 0 Å². The molecule has 1 atom stereocenters. The van der Waals surface area contributed by atoms with Crippen LogP contribution in [0.4, 0.5) is 5.69 Å². The highest BCUT2D eigenvalue weighted by Gasteiger charge is 2.11. The molecular weight excluding hydrogens is 256 g/mol. The number of aryl methyl sites for hydroxylation is 2. The first-order valence-electron chi connectivity index (χ1n) is 6.56. The van der Waals surface area contributed by atoms with Crippen molar-refractivity contribution in [2.45, 2.75) is 33.2 Å². The van der Waals surface area contributed by atoms with Gasteiger partial charge in [-0.15, -0.1) is 0 Å². The number of pyridine rings is 1. The van der Waals surface area contributed by atoms with Gasteiger partial charge in [-0.3, -0.25) is 4.98 Å². The van der Waals surface area contributed by atoms with E-state index in [1.54, 1.807) is 0 Å². The molecule has 0 saturated carbocycles. The first kappa shape index (κ1) is 13.9. The van der Waals surface area contributed by atoms with Crippen LogP contribution in [0.1, 0.15) is 36.3 Å². The molecule has 2 nitrogen and oxygen atoms in total. The maximum Gasteiger partial charge on any atom is 0.0607 e. The zero-order valence-corrected chi connectivity index (χ0v) is 12.3. The molecule has 0 bridgehead atoms. The van der Waals surface area contributed by atoms with E-state index in [-0.39, 0.29) is 6.04 Å². The van der Waals surface area contributed by atoms with Crippen LogP contribution in [0.15, 0.2) is 36.4 Å². The second-order valence-electron chi connectivity index (χ2n) is 4.75. The van der Waals surface area contributed by atoms with Gasteiger partial charge in [-0.1, -0.05) is 30.7 Å². The number of halogens is 1. The number of hydrogen-bond donors (Lipinski definition) is 1. The average molecular weight is 275 g/mol. The molecule has 1 heterocycles. The highest BCUT2D eigenvalue weighted by atomic mass is 35.5. The van der Waals surface area contributed by atoms with E-state index < -0.39 is 0 Å². The van der Waals surface area contributed by atoms with Gasteiger partial charge < -0.3 is 5.32 Å². The third-order valence-corrected chi connectivity index (χ3v) is 3.45. The van der Waals surface area contributed by atoms with E-state index in [0.29, 0.717) is 0 Å². The topological polar surface area (TPSA) is 24.9 Å². The van der Waals surface area contributed by atoms with Gasteiger partial charge in [0.1, 0.15) is 0 Å². The fourth-order valence-corrected chi connectivity index (χ4v) is 2.37. The molecule has 2 rings (SSSR count). The molecule has 1 aromatic heterocycles. The summed E-state index contributed by atoms with van der Waals surface area (Å²) in [5.74, 6) is 0. The zero-order chi connectivity index (χ0) is 13.8. The van der Waals surface area contributed by atoms with Gasteiger partial charge in [-0.2, -0.15) is 0 Å². The summed E-state index contributed by atoms with van der Waals surface area (Å²) in [7, 11) is 0. The van der Waals surface area contributed by atoms with Crippen molar-refractivity contribution < 1.29 is 0 Å². The lowest BCUT2D eigenvalue weighted by Gasteiger charge is -2.20. The Kier molecular flexibility index (Phi) is 4.43. The lowest BCUT2D eigenvalue weighted by molar-refractivity contribution is 0.747. The molecule has 0 aliphatic heterocycles. The average Bonchev–Trinajstić information content (AvgIpc) is 2.38. The first-order valence-corrected chi connectivity index (χ1v) is 6.94. The normalized spacial score (nSPS) is 12.2. The van der Waals surface area contributed by atoms with E-state index in [1.807, 2.05) is 38.1 Å². The van der Waals surface area contributed by atoms with Crippen molar-refractivity contribution in [1.29, 1.82) is 0 Å². The van der Waals surface area contributed by atoms with Crippen LogP contribution in [-0.4, -0.2) is 4.98 Å². The number of anilines is 1. The smallest absolute Gasteiger partial charge is 0.0607 e. The Morgan fingerprint density at radius 3 is 2.63 bits per heavy atom. The van der Waals surface area contributed by atoms with Gasteiger partial charge in [0.25, 0.3) is 0 Å². The SMILES string of the molecule is CCC(Nc1ccc(C)nc1C)c1cccc(Cl)c1. The molecule has 0 fully saturated rings. The van der Waals surface area contributed by atoms with E-state index in [1.165, 1.54) is 5.56 Å². The summed E-state index contributed by atoms with van der Waals surface area (Å²) in [6, 6.07) is 12.4. The Hall–Kier alpha value is -1.54. The summed E-state index contributed by atoms with van der Waals surface area (Å²) in [4.78, 5) is 4.48. The van der Waals surface area contributed by atoms with Crippen LogP contribution in [-0.2, 0) is 0 Å². The van der Waals surface area contributed by atoms with Gasteiger partial charge in [-0.25, -0.2) is 0 Å². The highest BCUT2D eigenvalue weighted by Crippen LogP contribution is 2.25. The third kappa shape index (κ3) is 3.48. The van der Waals surface area contributed by atoms with Crippen LogP contribution < -0.4 is 5.32 Å². The Morgan fingerprint density at radius 2 is 2.00 bits per heavy atom. The van der Waals surface area contributed by atoms with Crippen molar-refractivity contribution in [3.05, 3.63) is 58.4 Å². The van der Waals surface area contributed by atoms with E-state index in [9.17, 15) is 0 Å². The van der Waals surface area contributed by atoms with Gasteiger partial charge in [0.2, 0.25) is 0 Å². The fraction of sp³-hybridized carbons (Fsp3) is 0.312. The molecule has 0 radical (unpaired) electrons. The predicted molar refractivity (Wildman–Crippen MR) is 81.8 cm³/mol. The molecule has 0 amide bonds. The molecular formula is C16H19ClN2. The second kappa shape index (κ2) is 6.07. The van der Waals surface area contributed by atoms with Gasteiger partial charge in [0.15, 0.2) is 0 Å². The summed E-state index contributed by atoms with van der Waals surface area (Å²) >= 11 is 6.06. The van der Waals surface area contributed by atoms with Crippen LogP contribution >= 0.6 is 11.6 Å². The Morgan fingerprint density at radius 1 is 1.21 bits per heavy atom. The minimum atomic E-state index is 0.252. The number of hydrogen-bond acceptors (Lipinski definition) is 2. The van der Waals surface area contributed by atoms with Crippen LogP contribution in [0, 0.1) is 13.8 Å². The van der Waals surface area contributed by atoms with Gasteiger partial charge in [0.05, 0.1) is 17.4 Å². The minimum Gasteiger partial charge on any atom is -0.377 e. The van der Waals surface area contributed by atoms with Crippen molar-refractivity contribution >= 4 is 17.3 Å². The molecule has 0 saturated heterocycles. The van der Waals surface area contributed by atoms with Crippen molar-refractivity contribution in [3.8, 4) is 0 Å². The number of nitrogens with one attached hydrogen (secondary N) is 1. The number of benzene rings is 1. The molecule has 19 heavy (non-hydrogen) atoms. The van der Waals surface area contributed by atoms with E-state index in [0.717, 1.165) is 28.5 Å². The molecule has 1 aromatic carbocycles. The predicted octanol–water partition coefficient (Wildman–Crippen LogP) is 4.92. The molecule has 3 heteroatoms. The van der Waals surface area contributed by atoms with Crippen molar-refractivity contribution in [2.24, 2.45) is 0 Å². The van der Waals surface area contributed by atoms with Gasteiger partial charge in [0, 0.05) is 10.7 Å². The van der Waals surface area contributed by atoms with Crippen molar-refractivity contribution in [3.63, 3.8) is 0 Å². The zero-order valence-electron chi connectivity index (χ0n) is 11.6. The molecule has 1 unspecified atom stereocenters. The summed E-state index contributed by atoms with van der Waals surface area (Å²) in [5, 5.41) is 4.32. The second-order valence-corrected chi connectivity index (χ2v) is 5.18. The number of rotatable bonds is 4. The Labute approximate surface area is 119 Å². The summed E-state index contributed by atoms with van der Waals surface area (Å²) in [5.41, 5.74) is 4.35. The maximum absolute atomic E-state index is 6.06. The monoisotopic (exact) mass is 274 g/mol.